The molecule has 1 aliphatic carbocycles. The Kier molecular flexibility index (Phi) is 4.48. The van der Waals surface area contributed by atoms with E-state index in [9.17, 15) is 0 Å². The smallest absolute Gasteiger partial charge is 0.0100 e. The molecule has 0 spiro atoms. The van der Waals surface area contributed by atoms with Crippen LogP contribution in [0.2, 0.25) is 0 Å². The Labute approximate surface area is 107 Å². The molecule has 1 aliphatic heterocycles. The summed E-state index contributed by atoms with van der Waals surface area (Å²) in [5.41, 5.74) is 0.588. The maximum Gasteiger partial charge on any atom is 0.0100 e. The molecule has 0 radical (unpaired) electrons. The highest BCUT2D eigenvalue weighted by Gasteiger charge is 2.32. The van der Waals surface area contributed by atoms with Crippen LogP contribution in [-0.4, -0.2) is 37.6 Å². The molecular formula is C15H30N2. The largest absolute Gasteiger partial charge is 0.319 e. The van der Waals surface area contributed by atoms with E-state index in [0.717, 1.165) is 12.0 Å². The van der Waals surface area contributed by atoms with Gasteiger partial charge in [0.25, 0.3) is 0 Å². The molecule has 0 amide bonds. The first-order valence-electron chi connectivity index (χ1n) is 7.49. The maximum absolute atomic E-state index is 3.33. The zero-order valence-electron chi connectivity index (χ0n) is 12.0. The van der Waals surface area contributed by atoms with Crippen LogP contribution in [0.3, 0.4) is 0 Å². The molecule has 100 valence electrons. The number of nitrogens with zero attached hydrogens (tertiary/aromatic N) is 1. The van der Waals surface area contributed by atoms with Gasteiger partial charge in [0.1, 0.15) is 0 Å². The van der Waals surface area contributed by atoms with Crippen molar-refractivity contribution in [3.8, 4) is 0 Å². The second kappa shape index (κ2) is 5.71. The Morgan fingerprint density at radius 1 is 1.18 bits per heavy atom. The van der Waals surface area contributed by atoms with E-state index in [1.54, 1.807) is 0 Å². The fourth-order valence-electron chi connectivity index (χ4n) is 3.78. The van der Waals surface area contributed by atoms with E-state index < -0.39 is 0 Å². The molecule has 0 bridgehead atoms. The predicted molar refractivity (Wildman–Crippen MR) is 74.3 cm³/mol. The predicted octanol–water partition coefficient (Wildman–Crippen LogP) is 2.89. The van der Waals surface area contributed by atoms with Crippen LogP contribution in [0.1, 0.15) is 52.4 Å². The summed E-state index contributed by atoms with van der Waals surface area (Å²) in [6.07, 6.45) is 8.53. The quantitative estimate of drug-likeness (QED) is 0.813. The van der Waals surface area contributed by atoms with Gasteiger partial charge < -0.3 is 10.2 Å². The third kappa shape index (κ3) is 3.69. The molecule has 2 aliphatic rings. The maximum atomic E-state index is 3.33. The normalized spacial score (nSPS) is 31.6. The van der Waals surface area contributed by atoms with Crippen LogP contribution in [0.4, 0.5) is 0 Å². The zero-order valence-corrected chi connectivity index (χ0v) is 12.0. The van der Waals surface area contributed by atoms with Crippen LogP contribution >= 0.6 is 0 Å². The molecule has 0 aromatic heterocycles. The topological polar surface area (TPSA) is 15.3 Å². The van der Waals surface area contributed by atoms with Gasteiger partial charge in [-0.3, -0.25) is 0 Å². The third-order valence-corrected chi connectivity index (χ3v) is 4.84. The first-order chi connectivity index (χ1) is 8.11. The molecule has 2 rings (SSSR count). The average Bonchev–Trinajstić information content (AvgIpc) is 2.29. The second-order valence-corrected chi connectivity index (χ2v) is 6.95. The lowest BCUT2D eigenvalue weighted by Gasteiger charge is -2.44. The molecule has 2 heteroatoms. The molecule has 17 heavy (non-hydrogen) atoms. The van der Waals surface area contributed by atoms with E-state index in [4.69, 9.17) is 0 Å². The van der Waals surface area contributed by atoms with E-state index in [1.165, 1.54) is 58.2 Å². The highest BCUT2D eigenvalue weighted by atomic mass is 15.2. The number of likely N-dealkylation sites (tertiary alicyclic amines) is 1. The van der Waals surface area contributed by atoms with Gasteiger partial charge in [-0.25, -0.2) is 0 Å². The first-order valence-corrected chi connectivity index (χ1v) is 7.49. The summed E-state index contributed by atoms with van der Waals surface area (Å²) in [4.78, 5) is 2.78. The van der Waals surface area contributed by atoms with Crippen molar-refractivity contribution in [1.29, 1.82) is 0 Å². The van der Waals surface area contributed by atoms with Gasteiger partial charge in [-0.15, -0.1) is 0 Å². The van der Waals surface area contributed by atoms with Crippen molar-refractivity contribution < 1.29 is 0 Å². The summed E-state index contributed by atoms with van der Waals surface area (Å²) in [6.45, 7) is 8.80. The lowest BCUT2D eigenvalue weighted by molar-refractivity contribution is 0.0657. The molecule has 1 saturated heterocycles. The standard InChI is InChI=1S/C15H30N2/c1-15(2)8-4-5-14(11-15)17-9-6-13(7-10-17)12-16-3/h13-14,16H,4-12H2,1-3H3. The van der Waals surface area contributed by atoms with Crippen molar-refractivity contribution in [3.05, 3.63) is 0 Å². The van der Waals surface area contributed by atoms with Crippen LogP contribution in [0.25, 0.3) is 0 Å². The van der Waals surface area contributed by atoms with E-state index in [0.29, 0.717) is 5.41 Å². The number of rotatable bonds is 3. The molecule has 0 aromatic carbocycles. The van der Waals surface area contributed by atoms with Gasteiger partial charge in [0.2, 0.25) is 0 Å². The highest BCUT2D eigenvalue weighted by molar-refractivity contribution is 4.87. The molecule has 1 unspecified atom stereocenters. The summed E-state index contributed by atoms with van der Waals surface area (Å²) in [5, 5.41) is 3.33. The lowest BCUT2D eigenvalue weighted by Crippen LogP contribution is -2.46. The van der Waals surface area contributed by atoms with E-state index in [1.807, 2.05) is 0 Å². The highest BCUT2D eigenvalue weighted by Crippen LogP contribution is 2.38. The van der Waals surface area contributed by atoms with Gasteiger partial charge in [0.15, 0.2) is 0 Å². The minimum Gasteiger partial charge on any atom is -0.319 e. The molecule has 2 fully saturated rings. The Bertz CT molecular complexity index is 229. The van der Waals surface area contributed by atoms with Crippen LogP contribution in [-0.2, 0) is 0 Å². The van der Waals surface area contributed by atoms with E-state index >= 15 is 0 Å². The van der Waals surface area contributed by atoms with Gasteiger partial charge in [-0.1, -0.05) is 20.3 Å². The number of nitrogens with one attached hydrogen (secondary N) is 1. The molecule has 1 saturated carbocycles. The Morgan fingerprint density at radius 3 is 2.47 bits per heavy atom. The van der Waals surface area contributed by atoms with Gasteiger partial charge >= 0.3 is 0 Å². The fourth-order valence-corrected chi connectivity index (χ4v) is 3.78. The minimum atomic E-state index is 0.588. The Morgan fingerprint density at radius 2 is 1.88 bits per heavy atom. The first kappa shape index (κ1) is 13.4. The molecule has 1 atom stereocenters. The summed E-state index contributed by atoms with van der Waals surface area (Å²) >= 11 is 0. The van der Waals surface area contributed by atoms with E-state index in [-0.39, 0.29) is 0 Å². The lowest BCUT2D eigenvalue weighted by atomic mass is 9.74. The summed E-state index contributed by atoms with van der Waals surface area (Å²) in [5.74, 6) is 0.924. The molecule has 1 N–H and O–H groups in total. The minimum absolute atomic E-state index is 0.588. The fraction of sp³-hybridized carbons (Fsp3) is 1.00. The summed E-state index contributed by atoms with van der Waals surface area (Å²) < 4.78 is 0. The van der Waals surface area contributed by atoms with Crippen LogP contribution in [0.15, 0.2) is 0 Å². The summed E-state index contributed by atoms with van der Waals surface area (Å²) in [7, 11) is 2.08. The van der Waals surface area contributed by atoms with Crippen molar-refractivity contribution in [2.45, 2.75) is 58.4 Å². The van der Waals surface area contributed by atoms with E-state index in [2.05, 4.69) is 31.1 Å². The van der Waals surface area contributed by atoms with Gasteiger partial charge in [-0.05, 0) is 70.1 Å². The average molecular weight is 238 g/mol. The van der Waals surface area contributed by atoms with Gasteiger partial charge in [0.05, 0.1) is 0 Å². The summed E-state index contributed by atoms with van der Waals surface area (Å²) in [6, 6.07) is 0.884. The van der Waals surface area contributed by atoms with Gasteiger partial charge in [0, 0.05) is 6.04 Å². The molecule has 0 aromatic rings. The number of hydrogen-bond donors (Lipinski definition) is 1. The molecule has 1 heterocycles. The number of piperidine rings is 1. The Balaban J connectivity index is 1.80. The van der Waals surface area contributed by atoms with Crippen molar-refractivity contribution in [2.24, 2.45) is 11.3 Å². The monoisotopic (exact) mass is 238 g/mol. The zero-order chi connectivity index (χ0) is 12.3. The van der Waals surface area contributed by atoms with Crippen molar-refractivity contribution >= 4 is 0 Å². The van der Waals surface area contributed by atoms with Crippen LogP contribution in [0.5, 0.6) is 0 Å². The van der Waals surface area contributed by atoms with Crippen molar-refractivity contribution in [3.63, 3.8) is 0 Å². The third-order valence-electron chi connectivity index (χ3n) is 4.84. The van der Waals surface area contributed by atoms with Gasteiger partial charge in [-0.2, -0.15) is 0 Å². The van der Waals surface area contributed by atoms with Crippen LogP contribution < -0.4 is 5.32 Å². The molecule has 2 nitrogen and oxygen atoms in total. The second-order valence-electron chi connectivity index (χ2n) is 6.95. The number of hydrogen-bond acceptors (Lipinski definition) is 2. The van der Waals surface area contributed by atoms with Crippen molar-refractivity contribution in [2.75, 3.05) is 26.7 Å². The van der Waals surface area contributed by atoms with Crippen molar-refractivity contribution in [1.82, 2.24) is 10.2 Å². The van der Waals surface area contributed by atoms with Crippen LogP contribution in [0, 0.1) is 11.3 Å². The Hall–Kier alpha value is -0.0800. The SMILES string of the molecule is CNCC1CCN(C2CCCC(C)(C)C2)CC1. The molecular weight excluding hydrogens is 208 g/mol.